The van der Waals surface area contributed by atoms with Crippen molar-refractivity contribution in [1.82, 2.24) is 4.48 Å². The van der Waals surface area contributed by atoms with E-state index in [1.54, 1.807) is 6.07 Å². The molecule has 4 aliphatic carbocycles. The van der Waals surface area contributed by atoms with Gasteiger partial charge in [-0.3, -0.25) is 9.04 Å². The summed E-state index contributed by atoms with van der Waals surface area (Å²) >= 11 is 0. The fourth-order valence-electron chi connectivity index (χ4n) is 6.98. The number of quaternary nitrogens is 1. The zero-order valence-corrected chi connectivity index (χ0v) is 16.9. The van der Waals surface area contributed by atoms with Crippen molar-refractivity contribution in [2.24, 2.45) is 17.8 Å². The quantitative estimate of drug-likeness (QED) is 0.618. The maximum Gasteiger partial charge on any atom is 0.295 e. The maximum absolute atomic E-state index is 11.9. The Morgan fingerprint density at radius 2 is 1.41 bits per heavy atom. The van der Waals surface area contributed by atoms with Crippen LogP contribution in [-0.2, 0) is 10.1 Å². The lowest BCUT2D eigenvalue weighted by molar-refractivity contribution is -0.0661. The summed E-state index contributed by atoms with van der Waals surface area (Å²) in [5.74, 6) is 2.58. The summed E-state index contributed by atoms with van der Waals surface area (Å²) in [5.41, 5.74) is 1.41. The molecular weight excluding hydrogens is 358 g/mol. The molecule has 0 aliphatic heterocycles. The predicted molar refractivity (Wildman–Crippen MR) is 108 cm³/mol. The van der Waals surface area contributed by atoms with Crippen LogP contribution >= 0.6 is 0 Å². The monoisotopic (exact) mass is 386 g/mol. The molecule has 0 radical (unpaired) electrons. The molecule has 0 heterocycles. The highest BCUT2D eigenvalue weighted by Gasteiger charge is 2.59. The molecule has 4 saturated carbocycles. The number of benzene rings is 2. The maximum atomic E-state index is 11.9. The Kier molecular flexibility index (Phi) is 3.63. The Morgan fingerprint density at radius 1 is 0.889 bits per heavy atom. The second kappa shape index (κ2) is 5.56. The summed E-state index contributed by atoms with van der Waals surface area (Å²) in [4.78, 5) is 0.00682. The largest absolute Gasteiger partial charge is 0.295 e. The molecule has 4 bridgehead atoms. The first-order valence-electron chi connectivity index (χ1n) is 10.0. The van der Waals surface area contributed by atoms with Crippen LogP contribution < -0.4 is 4.48 Å². The summed E-state index contributed by atoms with van der Waals surface area (Å²) in [6.07, 6.45) is 8.05. The minimum atomic E-state index is -4.24. The van der Waals surface area contributed by atoms with Crippen LogP contribution in [0.15, 0.2) is 41.3 Å². The molecule has 0 atom stereocenters. The SMILES string of the molecule is C[N+](C)(c1cccc2c(S(=O)(=O)O)cccc12)C12CC3CC(CC(C3)C1)C2. The third kappa shape index (κ3) is 2.51. The topological polar surface area (TPSA) is 54.4 Å². The Balaban J connectivity index is 1.69. The van der Waals surface area contributed by atoms with E-state index in [2.05, 4.69) is 20.2 Å². The van der Waals surface area contributed by atoms with E-state index in [1.807, 2.05) is 18.2 Å². The molecule has 0 unspecified atom stereocenters. The third-order valence-electron chi connectivity index (χ3n) is 7.93. The van der Waals surface area contributed by atoms with Crippen LogP contribution in [0.1, 0.15) is 38.5 Å². The zero-order chi connectivity index (χ0) is 19.0. The van der Waals surface area contributed by atoms with Gasteiger partial charge in [0.15, 0.2) is 0 Å². The number of hydrogen-bond acceptors (Lipinski definition) is 2. The van der Waals surface area contributed by atoms with Gasteiger partial charge in [-0.05, 0) is 55.2 Å². The van der Waals surface area contributed by atoms with Gasteiger partial charge in [0.2, 0.25) is 0 Å². The molecule has 2 aromatic rings. The van der Waals surface area contributed by atoms with E-state index in [9.17, 15) is 13.0 Å². The van der Waals surface area contributed by atoms with Crippen molar-refractivity contribution in [3.05, 3.63) is 36.4 Å². The standard InChI is InChI=1S/C22H27NO3S/c1-23(2,22-12-15-9-16(13-22)11-17(10-15)14-22)20-7-3-6-19-18(20)5-4-8-21(19)27(24,25)26/h3-8,15-17H,9-14H2,1-2H3/p+1. The van der Waals surface area contributed by atoms with Crippen molar-refractivity contribution in [2.75, 3.05) is 14.1 Å². The molecule has 0 spiro atoms. The molecule has 2 aromatic carbocycles. The Morgan fingerprint density at radius 3 is 1.96 bits per heavy atom. The first kappa shape index (κ1) is 17.7. The average Bonchev–Trinajstić information content (AvgIpc) is 2.58. The van der Waals surface area contributed by atoms with Gasteiger partial charge in [0.1, 0.15) is 16.1 Å². The minimum Gasteiger partial charge on any atom is -0.291 e. The van der Waals surface area contributed by atoms with E-state index in [1.165, 1.54) is 50.3 Å². The van der Waals surface area contributed by atoms with E-state index in [0.717, 1.165) is 27.6 Å². The summed E-state index contributed by atoms with van der Waals surface area (Å²) in [7, 11) is 0.372. The summed E-state index contributed by atoms with van der Waals surface area (Å²) < 4.78 is 34.2. The van der Waals surface area contributed by atoms with Gasteiger partial charge in [-0.1, -0.05) is 18.2 Å². The minimum absolute atomic E-state index is 0.00682. The van der Waals surface area contributed by atoms with Gasteiger partial charge in [0, 0.05) is 30.0 Å². The Labute approximate surface area is 161 Å². The van der Waals surface area contributed by atoms with E-state index in [-0.39, 0.29) is 10.4 Å². The number of rotatable bonds is 3. The van der Waals surface area contributed by atoms with Gasteiger partial charge in [-0.2, -0.15) is 8.42 Å². The van der Waals surface area contributed by atoms with E-state index < -0.39 is 10.1 Å². The second-order valence-corrected chi connectivity index (χ2v) is 11.1. The Bertz CT molecular complexity index is 990. The third-order valence-corrected chi connectivity index (χ3v) is 8.84. The molecule has 6 rings (SSSR count). The van der Waals surface area contributed by atoms with Crippen molar-refractivity contribution >= 4 is 26.6 Å². The molecule has 0 amide bonds. The van der Waals surface area contributed by atoms with Crippen molar-refractivity contribution < 1.29 is 13.0 Å². The smallest absolute Gasteiger partial charge is 0.291 e. The molecular formula is C22H28NO3S+. The fraction of sp³-hybridized carbons (Fsp3) is 0.545. The number of nitrogens with zero attached hydrogens (tertiary/aromatic N) is 1. The normalized spacial score (nSPS) is 32.9. The predicted octanol–water partition coefficient (Wildman–Crippen LogP) is 4.62. The highest BCUT2D eigenvalue weighted by Crippen LogP contribution is 2.60. The van der Waals surface area contributed by atoms with Gasteiger partial charge in [0.25, 0.3) is 10.1 Å². The van der Waals surface area contributed by atoms with Crippen molar-refractivity contribution in [1.29, 1.82) is 0 Å². The molecule has 144 valence electrons. The van der Waals surface area contributed by atoms with Crippen molar-refractivity contribution in [2.45, 2.75) is 49.0 Å². The molecule has 4 fully saturated rings. The number of hydrogen-bond donors (Lipinski definition) is 1. The molecule has 0 saturated heterocycles. The highest BCUT2D eigenvalue weighted by molar-refractivity contribution is 7.86. The zero-order valence-electron chi connectivity index (χ0n) is 16.1. The lowest BCUT2D eigenvalue weighted by atomic mass is 9.52. The van der Waals surface area contributed by atoms with Gasteiger partial charge >= 0.3 is 0 Å². The second-order valence-electron chi connectivity index (χ2n) is 9.70. The summed E-state index contributed by atoms with van der Waals surface area (Å²) in [5, 5.41) is 1.56. The van der Waals surface area contributed by atoms with E-state index in [0.29, 0.717) is 5.39 Å². The van der Waals surface area contributed by atoms with Crippen LogP contribution in [0.25, 0.3) is 10.8 Å². The molecule has 0 aromatic heterocycles. The van der Waals surface area contributed by atoms with Crippen molar-refractivity contribution in [3.8, 4) is 0 Å². The fourth-order valence-corrected chi connectivity index (χ4v) is 7.69. The van der Waals surface area contributed by atoms with Gasteiger partial charge in [-0.25, -0.2) is 0 Å². The van der Waals surface area contributed by atoms with Crippen LogP contribution in [0.3, 0.4) is 0 Å². The molecule has 27 heavy (non-hydrogen) atoms. The van der Waals surface area contributed by atoms with Crippen molar-refractivity contribution in [3.63, 3.8) is 0 Å². The van der Waals surface area contributed by atoms with Crippen LogP contribution in [-0.4, -0.2) is 32.6 Å². The molecule has 5 heteroatoms. The Hall–Kier alpha value is -1.43. The molecule has 4 aliphatic rings. The van der Waals surface area contributed by atoms with Gasteiger partial charge < -0.3 is 0 Å². The van der Waals surface area contributed by atoms with Gasteiger partial charge in [0.05, 0.1) is 14.1 Å². The molecule has 4 nitrogen and oxygen atoms in total. The lowest BCUT2D eigenvalue weighted by Crippen LogP contribution is -2.68. The van der Waals surface area contributed by atoms with Crippen LogP contribution in [0.2, 0.25) is 0 Å². The van der Waals surface area contributed by atoms with E-state index in [4.69, 9.17) is 0 Å². The molecule has 1 N–H and O–H groups in total. The first-order chi connectivity index (χ1) is 12.7. The number of fused-ring (bicyclic) bond motifs is 1. The van der Waals surface area contributed by atoms with Crippen LogP contribution in [0, 0.1) is 17.8 Å². The van der Waals surface area contributed by atoms with Gasteiger partial charge in [-0.15, -0.1) is 0 Å². The summed E-state index contributed by atoms with van der Waals surface area (Å²) in [6.45, 7) is 0. The summed E-state index contributed by atoms with van der Waals surface area (Å²) in [6, 6.07) is 11.1. The lowest BCUT2D eigenvalue weighted by Gasteiger charge is -2.61. The van der Waals surface area contributed by atoms with Crippen LogP contribution in [0.5, 0.6) is 0 Å². The van der Waals surface area contributed by atoms with Crippen LogP contribution in [0.4, 0.5) is 5.69 Å². The van der Waals surface area contributed by atoms with E-state index >= 15 is 0 Å². The average molecular weight is 387 g/mol. The highest BCUT2D eigenvalue weighted by atomic mass is 32.2. The first-order valence-corrected chi connectivity index (χ1v) is 11.5.